The summed E-state index contributed by atoms with van der Waals surface area (Å²) in [6.07, 6.45) is -1.97. The van der Waals surface area contributed by atoms with Gasteiger partial charge in [-0.25, -0.2) is 0 Å². The van der Waals surface area contributed by atoms with Crippen molar-refractivity contribution < 1.29 is 18.0 Å². The first kappa shape index (κ1) is 19.5. The van der Waals surface area contributed by atoms with E-state index >= 15 is 0 Å². The number of rotatable bonds is 4. The van der Waals surface area contributed by atoms with Crippen molar-refractivity contribution in [3.8, 4) is 11.8 Å². The second-order valence-corrected chi connectivity index (χ2v) is 7.65. The van der Waals surface area contributed by atoms with Crippen LogP contribution in [0.4, 0.5) is 13.2 Å². The molecule has 0 spiro atoms. The largest absolute Gasteiger partial charge is 0.413 e. The summed E-state index contributed by atoms with van der Waals surface area (Å²) < 4.78 is 41.6. The van der Waals surface area contributed by atoms with Crippen LogP contribution in [0, 0.1) is 25.2 Å². The first-order valence-corrected chi connectivity index (χ1v) is 9.48. The van der Waals surface area contributed by atoms with Gasteiger partial charge in [0.25, 0.3) is 0 Å². The average molecular weight is 399 g/mol. The lowest BCUT2D eigenvalue weighted by molar-refractivity contribution is -0.0977. The summed E-state index contributed by atoms with van der Waals surface area (Å²) in [6, 6.07) is 9.87. The van der Waals surface area contributed by atoms with Crippen LogP contribution in [-0.4, -0.2) is 40.1 Å². The summed E-state index contributed by atoms with van der Waals surface area (Å²) in [5, 5.41) is 8.96. The number of halogens is 3. The zero-order chi connectivity index (χ0) is 20.9. The summed E-state index contributed by atoms with van der Waals surface area (Å²) in [5.74, 6) is -0.174. The first-order valence-electron chi connectivity index (χ1n) is 9.48. The zero-order valence-electron chi connectivity index (χ0n) is 16.1. The molecule has 29 heavy (non-hydrogen) atoms. The molecular formula is C22H20F3N3O. The smallest absolute Gasteiger partial charge is 0.318 e. The Balaban J connectivity index is 1.57. The lowest BCUT2D eigenvalue weighted by Gasteiger charge is -2.23. The third kappa shape index (κ3) is 3.28. The van der Waals surface area contributed by atoms with Gasteiger partial charge in [-0.1, -0.05) is 6.08 Å². The van der Waals surface area contributed by atoms with E-state index in [9.17, 15) is 18.0 Å². The van der Waals surface area contributed by atoms with Crippen LogP contribution in [0.15, 0.2) is 42.0 Å². The van der Waals surface area contributed by atoms with Crippen molar-refractivity contribution in [3.63, 3.8) is 0 Å². The van der Waals surface area contributed by atoms with Crippen LogP contribution in [0.25, 0.3) is 5.69 Å². The van der Waals surface area contributed by atoms with Crippen LogP contribution in [0.5, 0.6) is 0 Å². The molecular weight excluding hydrogens is 379 g/mol. The Bertz CT molecular complexity index is 1040. The number of nitriles is 1. The number of carbonyl (C=O) groups is 1. The molecule has 4 rings (SSSR count). The van der Waals surface area contributed by atoms with E-state index in [-0.39, 0.29) is 18.4 Å². The number of aryl methyl sites for hydroxylation is 1. The SMILES string of the molecule is Cc1cc(C(=O)CN2C3C=C(C(F)(F)F)C2CC3)c(C)n1-c1ccc(C#N)cc1. The molecule has 1 aromatic heterocycles. The average Bonchev–Trinajstić information content (AvgIpc) is 3.32. The molecule has 2 aliphatic heterocycles. The van der Waals surface area contributed by atoms with Gasteiger partial charge in [0.05, 0.1) is 18.2 Å². The third-order valence-corrected chi connectivity index (χ3v) is 5.93. The standard InChI is InChI=1S/C22H20F3N3O/c1-13-9-18(14(2)28(13)16-5-3-15(11-26)4-6-16)21(29)12-27-17-7-8-20(27)19(10-17)22(23,24)25/h3-6,9-10,17,20H,7-8,12H2,1-2H3. The highest BCUT2D eigenvalue weighted by Crippen LogP contribution is 2.44. The van der Waals surface area contributed by atoms with Crippen LogP contribution in [0.3, 0.4) is 0 Å². The highest BCUT2D eigenvalue weighted by Gasteiger charge is 2.50. The van der Waals surface area contributed by atoms with Gasteiger partial charge in [0, 0.05) is 40.3 Å². The van der Waals surface area contributed by atoms with Gasteiger partial charge < -0.3 is 4.57 Å². The third-order valence-electron chi connectivity index (χ3n) is 5.93. The molecule has 4 nitrogen and oxygen atoms in total. The fourth-order valence-electron chi connectivity index (χ4n) is 4.61. The fourth-order valence-corrected chi connectivity index (χ4v) is 4.61. The van der Waals surface area contributed by atoms with Gasteiger partial charge in [-0.05, 0) is 57.0 Å². The molecule has 0 saturated carbocycles. The minimum atomic E-state index is -4.34. The van der Waals surface area contributed by atoms with Crippen molar-refractivity contribution in [1.82, 2.24) is 9.47 Å². The molecule has 150 valence electrons. The van der Waals surface area contributed by atoms with Crippen LogP contribution in [0.2, 0.25) is 0 Å². The van der Waals surface area contributed by atoms with Gasteiger partial charge >= 0.3 is 6.18 Å². The summed E-state index contributed by atoms with van der Waals surface area (Å²) in [4.78, 5) is 14.7. The van der Waals surface area contributed by atoms with Gasteiger partial charge in [-0.2, -0.15) is 18.4 Å². The maximum absolute atomic E-state index is 13.2. The van der Waals surface area contributed by atoms with Crippen molar-refractivity contribution >= 4 is 5.78 Å². The first-order chi connectivity index (χ1) is 13.7. The zero-order valence-corrected chi connectivity index (χ0v) is 16.1. The molecule has 0 N–H and O–H groups in total. The Kier molecular flexibility index (Phi) is 4.62. The highest BCUT2D eigenvalue weighted by molar-refractivity contribution is 5.99. The number of alkyl halides is 3. The summed E-state index contributed by atoms with van der Waals surface area (Å²) in [7, 11) is 0. The fraction of sp³-hybridized carbons (Fsp3) is 0.364. The van der Waals surface area contributed by atoms with E-state index in [0.717, 1.165) is 17.1 Å². The van der Waals surface area contributed by atoms with E-state index in [2.05, 4.69) is 6.07 Å². The minimum absolute atomic E-state index is 0.0247. The number of aromatic nitrogens is 1. The topological polar surface area (TPSA) is 49.0 Å². The number of hydrogen-bond donors (Lipinski definition) is 0. The molecule has 2 unspecified atom stereocenters. The Labute approximate surface area is 166 Å². The van der Waals surface area contributed by atoms with Gasteiger partial charge in [0.2, 0.25) is 0 Å². The van der Waals surface area contributed by atoms with E-state index < -0.39 is 17.8 Å². The lowest BCUT2D eigenvalue weighted by atomic mass is 9.99. The van der Waals surface area contributed by atoms with Crippen molar-refractivity contribution in [3.05, 3.63) is 64.5 Å². The summed E-state index contributed by atoms with van der Waals surface area (Å²) in [6.45, 7) is 3.68. The van der Waals surface area contributed by atoms with Crippen molar-refractivity contribution in [2.45, 2.75) is 44.9 Å². The van der Waals surface area contributed by atoms with Gasteiger partial charge in [0.1, 0.15) is 0 Å². The molecule has 2 aliphatic rings. The number of Topliss-reactive ketones (excluding diaryl/α,β-unsaturated/α-hetero) is 1. The van der Waals surface area contributed by atoms with Gasteiger partial charge in [-0.15, -0.1) is 0 Å². The normalized spacial score (nSPS) is 21.3. The molecule has 0 radical (unpaired) electrons. The molecule has 0 amide bonds. The second-order valence-electron chi connectivity index (χ2n) is 7.65. The molecule has 0 aliphatic carbocycles. The number of benzene rings is 1. The predicted molar refractivity (Wildman–Crippen MR) is 102 cm³/mol. The maximum Gasteiger partial charge on any atom is 0.413 e. The lowest BCUT2D eigenvalue weighted by Crippen LogP contribution is -2.37. The van der Waals surface area contributed by atoms with E-state index in [4.69, 9.17) is 5.26 Å². The van der Waals surface area contributed by atoms with Gasteiger partial charge in [0.15, 0.2) is 5.78 Å². The Hall–Kier alpha value is -2.85. The monoisotopic (exact) mass is 399 g/mol. The maximum atomic E-state index is 13.2. The summed E-state index contributed by atoms with van der Waals surface area (Å²) >= 11 is 0. The van der Waals surface area contributed by atoms with Gasteiger partial charge in [-0.3, -0.25) is 9.69 Å². The molecule has 1 aromatic carbocycles. The van der Waals surface area contributed by atoms with E-state index in [1.165, 1.54) is 6.08 Å². The van der Waals surface area contributed by atoms with Crippen molar-refractivity contribution in [2.24, 2.45) is 0 Å². The predicted octanol–water partition coefficient (Wildman–Crippen LogP) is 4.48. The second kappa shape index (κ2) is 6.89. The molecule has 1 fully saturated rings. The molecule has 2 atom stereocenters. The Morgan fingerprint density at radius 3 is 2.48 bits per heavy atom. The van der Waals surface area contributed by atoms with Crippen molar-refractivity contribution in [1.29, 1.82) is 5.26 Å². The van der Waals surface area contributed by atoms with E-state index in [0.29, 0.717) is 24.0 Å². The Morgan fingerprint density at radius 1 is 1.21 bits per heavy atom. The summed E-state index contributed by atoms with van der Waals surface area (Å²) in [5.41, 5.74) is 2.99. The van der Waals surface area contributed by atoms with Crippen molar-refractivity contribution in [2.75, 3.05) is 6.54 Å². The number of ketones is 1. The van der Waals surface area contributed by atoms with Crippen LogP contribution < -0.4 is 0 Å². The molecule has 2 bridgehead atoms. The Morgan fingerprint density at radius 2 is 1.90 bits per heavy atom. The number of hydrogen-bond acceptors (Lipinski definition) is 3. The minimum Gasteiger partial charge on any atom is -0.318 e. The van der Waals surface area contributed by atoms with E-state index in [1.807, 2.05) is 30.5 Å². The number of nitrogens with zero attached hydrogens (tertiary/aromatic N) is 3. The van der Waals surface area contributed by atoms with Crippen LogP contribution in [0.1, 0.15) is 40.2 Å². The quantitative estimate of drug-likeness (QED) is 0.563. The van der Waals surface area contributed by atoms with Crippen LogP contribution in [-0.2, 0) is 0 Å². The molecule has 3 heterocycles. The highest BCUT2D eigenvalue weighted by atomic mass is 19.4. The molecule has 7 heteroatoms. The number of fused-ring (bicyclic) bond motifs is 2. The van der Waals surface area contributed by atoms with Crippen LogP contribution >= 0.6 is 0 Å². The molecule has 1 saturated heterocycles. The number of carbonyl (C=O) groups excluding carboxylic acids is 1. The van der Waals surface area contributed by atoms with E-state index in [1.54, 1.807) is 23.1 Å². The molecule has 2 aromatic rings.